The molecule has 1 aromatic heterocycles. The number of aromatic nitrogens is 1. The number of nitrogens with zero attached hydrogens (tertiary/aromatic N) is 2. The molecule has 3 aromatic rings. The smallest absolute Gasteiger partial charge is 0.116 e. The van der Waals surface area contributed by atoms with Crippen molar-refractivity contribution >= 4 is 11.4 Å². The van der Waals surface area contributed by atoms with E-state index in [-0.39, 0.29) is 0 Å². The molecule has 0 spiro atoms. The van der Waals surface area contributed by atoms with E-state index in [4.69, 9.17) is 0 Å². The summed E-state index contributed by atoms with van der Waals surface area (Å²) in [7, 11) is 0. The van der Waals surface area contributed by atoms with Gasteiger partial charge in [-0.2, -0.15) is 5.10 Å². The van der Waals surface area contributed by atoms with E-state index >= 15 is 0 Å². The number of hydrazone groups is 1. The van der Waals surface area contributed by atoms with Gasteiger partial charge in [-0.05, 0) is 24.3 Å². The van der Waals surface area contributed by atoms with Crippen molar-refractivity contribution in [1.29, 1.82) is 0 Å². The largest absolute Gasteiger partial charge is 0.278 e. The van der Waals surface area contributed by atoms with Gasteiger partial charge in [0.05, 0.1) is 11.4 Å². The Morgan fingerprint density at radius 2 is 1.43 bits per heavy atom. The van der Waals surface area contributed by atoms with E-state index in [0.717, 1.165) is 22.7 Å². The van der Waals surface area contributed by atoms with E-state index in [1.807, 2.05) is 78.9 Å². The topological polar surface area (TPSA) is 37.3 Å². The fourth-order valence-electron chi connectivity index (χ4n) is 2.00. The molecule has 3 nitrogen and oxygen atoms in total. The van der Waals surface area contributed by atoms with Gasteiger partial charge in [-0.25, -0.2) is 0 Å². The third-order valence-electron chi connectivity index (χ3n) is 3.03. The van der Waals surface area contributed by atoms with Gasteiger partial charge in [0.15, 0.2) is 0 Å². The lowest BCUT2D eigenvalue weighted by molar-refractivity contribution is 1.25. The predicted octanol–water partition coefficient (Wildman–Crippen LogP) is 3.95. The van der Waals surface area contributed by atoms with Gasteiger partial charge in [0.1, 0.15) is 5.71 Å². The second-order valence-electron chi connectivity index (χ2n) is 4.52. The van der Waals surface area contributed by atoms with Crippen molar-refractivity contribution in [3.05, 3.63) is 96.3 Å². The molecular formula is C18H15N3. The van der Waals surface area contributed by atoms with Crippen molar-refractivity contribution in [1.82, 2.24) is 4.98 Å². The van der Waals surface area contributed by atoms with Crippen molar-refractivity contribution < 1.29 is 0 Å². The van der Waals surface area contributed by atoms with Crippen molar-refractivity contribution in [3.8, 4) is 0 Å². The summed E-state index contributed by atoms with van der Waals surface area (Å²) in [6.45, 7) is 0. The summed E-state index contributed by atoms with van der Waals surface area (Å²) in [5, 5.41) is 4.54. The normalized spacial score (nSPS) is 11.1. The molecule has 3 rings (SSSR count). The quantitative estimate of drug-likeness (QED) is 0.577. The summed E-state index contributed by atoms with van der Waals surface area (Å²) >= 11 is 0. The minimum Gasteiger partial charge on any atom is -0.278 e. The van der Waals surface area contributed by atoms with Gasteiger partial charge in [0.25, 0.3) is 0 Å². The van der Waals surface area contributed by atoms with Crippen LogP contribution >= 0.6 is 0 Å². The van der Waals surface area contributed by atoms with Crippen LogP contribution in [-0.2, 0) is 0 Å². The van der Waals surface area contributed by atoms with Gasteiger partial charge >= 0.3 is 0 Å². The van der Waals surface area contributed by atoms with Crippen molar-refractivity contribution in [3.63, 3.8) is 0 Å². The van der Waals surface area contributed by atoms with Gasteiger partial charge in [-0.1, -0.05) is 54.6 Å². The Balaban J connectivity index is 1.97. The second kappa shape index (κ2) is 6.48. The molecule has 102 valence electrons. The van der Waals surface area contributed by atoms with Crippen LogP contribution in [0.15, 0.2) is 90.2 Å². The summed E-state index contributed by atoms with van der Waals surface area (Å²) in [6, 6.07) is 25.7. The number of hydrogen-bond acceptors (Lipinski definition) is 3. The number of hydrogen-bond donors (Lipinski definition) is 1. The summed E-state index contributed by atoms with van der Waals surface area (Å²) in [5.74, 6) is 0. The fourth-order valence-corrected chi connectivity index (χ4v) is 2.00. The average Bonchev–Trinajstić information content (AvgIpc) is 2.58. The van der Waals surface area contributed by atoms with Crippen molar-refractivity contribution in [2.45, 2.75) is 0 Å². The maximum Gasteiger partial charge on any atom is 0.116 e. The summed E-state index contributed by atoms with van der Waals surface area (Å²) in [6.07, 6.45) is 1.77. The van der Waals surface area contributed by atoms with Crippen LogP contribution in [0.5, 0.6) is 0 Å². The van der Waals surface area contributed by atoms with Gasteiger partial charge in [0.2, 0.25) is 0 Å². The third kappa shape index (κ3) is 3.34. The van der Waals surface area contributed by atoms with Crippen molar-refractivity contribution in [2.75, 3.05) is 5.43 Å². The molecule has 0 unspecified atom stereocenters. The van der Waals surface area contributed by atoms with Crippen LogP contribution in [0.2, 0.25) is 0 Å². The van der Waals surface area contributed by atoms with Gasteiger partial charge < -0.3 is 0 Å². The Hall–Kier alpha value is -2.94. The highest BCUT2D eigenvalue weighted by Crippen LogP contribution is 2.11. The molecule has 0 atom stereocenters. The highest BCUT2D eigenvalue weighted by Gasteiger charge is 2.07. The van der Waals surface area contributed by atoms with E-state index in [2.05, 4.69) is 15.5 Å². The minimum atomic E-state index is 0.819. The number of anilines is 1. The first-order valence-electron chi connectivity index (χ1n) is 6.79. The second-order valence-corrected chi connectivity index (χ2v) is 4.52. The lowest BCUT2D eigenvalue weighted by Gasteiger charge is -2.07. The van der Waals surface area contributed by atoms with Crippen LogP contribution in [0.25, 0.3) is 0 Å². The molecule has 1 N–H and O–H groups in total. The van der Waals surface area contributed by atoms with Crippen LogP contribution in [-0.4, -0.2) is 10.7 Å². The summed E-state index contributed by atoms with van der Waals surface area (Å²) < 4.78 is 0. The molecule has 2 aromatic carbocycles. The van der Waals surface area contributed by atoms with E-state index < -0.39 is 0 Å². The number of pyridine rings is 1. The van der Waals surface area contributed by atoms with Gasteiger partial charge in [0, 0.05) is 11.8 Å². The maximum absolute atomic E-state index is 4.54. The predicted molar refractivity (Wildman–Crippen MR) is 86.4 cm³/mol. The number of para-hydroxylation sites is 1. The monoisotopic (exact) mass is 273 g/mol. The first-order valence-corrected chi connectivity index (χ1v) is 6.79. The zero-order chi connectivity index (χ0) is 14.3. The Bertz CT molecular complexity index is 666. The molecule has 0 saturated heterocycles. The SMILES string of the molecule is c1ccc(N/N=C(\c2ccccc2)c2ccccn2)cc1. The Kier molecular flexibility index (Phi) is 4.03. The molecule has 0 aliphatic rings. The molecule has 0 aliphatic heterocycles. The lowest BCUT2D eigenvalue weighted by atomic mass is 10.1. The number of nitrogens with one attached hydrogen (secondary N) is 1. The standard InChI is InChI=1S/C18H15N3/c1-3-9-15(10-4-1)18(17-13-7-8-14-19-17)21-20-16-11-5-2-6-12-16/h1-14,20H/b21-18+. The molecule has 0 bridgehead atoms. The Morgan fingerprint density at radius 3 is 2.10 bits per heavy atom. The van der Waals surface area contributed by atoms with Crippen LogP contribution in [0.3, 0.4) is 0 Å². The van der Waals surface area contributed by atoms with Crippen LogP contribution < -0.4 is 5.43 Å². The molecule has 3 heteroatoms. The molecule has 0 aliphatic carbocycles. The fraction of sp³-hybridized carbons (Fsp3) is 0. The van der Waals surface area contributed by atoms with E-state index in [1.54, 1.807) is 6.20 Å². The number of benzene rings is 2. The molecule has 0 amide bonds. The van der Waals surface area contributed by atoms with Gasteiger partial charge in [-0.15, -0.1) is 0 Å². The first kappa shape index (κ1) is 13.1. The van der Waals surface area contributed by atoms with Crippen LogP contribution in [0.4, 0.5) is 5.69 Å². The van der Waals surface area contributed by atoms with E-state index in [1.165, 1.54) is 0 Å². The Labute approximate surface area is 124 Å². The van der Waals surface area contributed by atoms with Gasteiger partial charge in [-0.3, -0.25) is 10.4 Å². The van der Waals surface area contributed by atoms with Crippen molar-refractivity contribution in [2.24, 2.45) is 5.10 Å². The molecule has 0 fully saturated rings. The highest BCUT2D eigenvalue weighted by atomic mass is 15.3. The molecule has 0 saturated carbocycles. The average molecular weight is 273 g/mol. The van der Waals surface area contributed by atoms with Crippen LogP contribution in [0, 0.1) is 0 Å². The molecule has 21 heavy (non-hydrogen) atoms. The molecule has 0 radical (unpaired) electrons. The summed E-state index contributed by atoms with van der Waals surface area (Å²) in [4.78, 5) is 4.40. The maximum atomic E-state index is 4.54. The number of rotatable bonds is 4. The minimum absolute atomic E-state index is 0.819. The molecular weight excluding hydrogens is 258 g/mol. The van der Waals surface area contributed by atoms with E-state index in [0.29, 0.717) is 0 Å². The lowest BCUT2D eigenvalue weighted by Crippen LogP contribution is -2.08. The highest BCUT2D eigenvalue weighted by molar-refractivity contribution is 6.11. The first-order chi connectivity index (χ1) is 10.4. The molecule has 1 heterocycles. The van der Waals surface area contributed by atoms with E-state index in [9.17, 15) is 0 Å². The third-order valence-corrected chi connectivity index (χ3v) is 3.03. The zero-order valence-corrected chi connectivity index (χ0v) is 11.5. The Morgan fingerprint density at radius 1 is 0.762 bits per heavy atom. The van der Waals surface area contributed by atoms with Crippen LogP contribution in [0.1, 0.15) is 11.3 Å². The summed E-state index contributed by atoms with van der Waals surface area (Å²) in [5.41, 5.74) is 6.72. The zero-order valence-electron chi connectivity index (χ0n) is 11.5.